The highest BCUT2D eigenvalue weighted by molar-refractivity contribution is 4.81. The van der Waals surface area contributed by atoms with E-state index in [1.807, 2.05) is 0 Å². The summed E-state index contributed by atoms with van der Waals surface area (Å²) in [6.45, 7) is 6.47. The fraction of sp³-hybridized carbons (Fsp3) is 1.00. The molecule has 1 aliphatic rings. The van der Waals surface area contributed by atoms with Crippen molar-refractivity contribution in [3.8, 4) is 0 Å². The molecule has 0 aromatic heterocycles. The minimum absolute atomic E-state index is 0.216. The standard InChI is InChI=1S/C9H18O/c1-8(2)10-9(3)6-4-5-7-9/h8H,4-7H2,1-3H3. The van der Waals surface area contributed by atoms with Gasteiger partial charge in [0.1, 0.15) is 0 Å². The number of ether oxygens (including phenoxy) is 1. The second kappa shape index (κ2) is 2.91. The zero-order valence-electron chi connectivity index (χ0n) is 7.31. The number of hydrogen-bond donors (Lipinski definition) is 0. The van der Waals surface area contributed by atoms with E-state index in [0.717, 1.165) is 0 Å². The van der Waals surface area contributed by atoms with Crippen molar-refractivity contribution >= 4 is 0 Å². The molecule has 0 amide bonds. The predicted octanol–water partition coefficient (Wildman–Crippen LogP) is 2.74. The first-order valence-corrected chi connectivity index (χ1v) is 4.30. The van der Waals surface area contributed by atoms with Gasteiger partial charge in [-0.3, -0.25) is 0 Å². The molecule has 60 valence electrons. The Morgan fingerprint density at radius 3 is 2.10 bits per heavy atom. The molecule has 0 unspecified atom stereocenters. The van der Waals surface area contributed by atoms with Gasteiger partial charge in [-0.25, -0.2) is 0 Å². The Bertz CT molecular complexity index is 101. The van der Waals surface area contributed by atoms with Crippen LogP contribution in [0, 0.1) is 0 Å². The topological polar surface area (TPSA) is 9.23 Å². The highest BCUT2D eigenvalue weighted by atomic mass is 16.5. The molecule has 0 aromatic carbocycles. The van der Waals surface area contributed by atoms with E-state index in [-0.39, 0.29) is 5.60 Å². The van der Waals surface area contributed by atoms with Crippen LogP contribution < -0.4 is 0 Å². The fourth-order valence-corrected chi connectivity index (χ4v) is 1.81. The van der Waals surface area contributed by atoms with Crippen molar-refractivity contribution in [3.63, 3.8) is 0 Å². The Hall–Kier alpha value is -0.0400. The van der Waals surface area contributed by atoms with Gasteiger partial charge in [0.2, 0.25) is 0 Å². The van der Waals surface area contributed by atoms with Crippen LogP contribution in [0.15, 0.2) is 0 Å². The van der Waals surface area contributed by atoms with Gasteiger partial charge < -0.3 is 4.74 Å². The van der Waals surface area contributed by atoms with Crippen molar-refractivity contribution in [3.05, 3.63) is 0 Å². The van der Waals surface area contributed by atoms with Crippen LogP contribution in [0.5, 0.6) is 0 Å². The quantitative estimate of drug-likeness (QED) is 0.576. The third-order valence-corrected chi connectivity index (χ3v) is 2.18. The molecule has 0 N–H and O–H groups in total. The first kappa shape index (κ1) is 8.06. The first-order chi connectivity index (χ1) is 4.62. The second-order valence-electron chi connectivity index (χ2n) is 3.82. The summed E-state index contributed by atoms with van der Waals surface area (Å²) in [5.41, 5.74) is 0.216. The molecule has 0 aliphatic heterocycles. The zero-order chi connectivity index (χ0) is 7.61. The normalized spacial score (nSPS) is 24.0. The summed E-state index contributed by atoms with van der Waals surface area (Å²) in [6, 6.07) is 0. The summed E-state index contributed by atoms with van der Waals surface area (Å²) in [5.74, 6) is 0. The molecule has 1 aliphatic carbocycles. The summed E-state index contributed by atoms with van der Waals surface area (Å²) in [4.78, 5) is 0. The molecule has 0 radical (unpaired) electrons. The minimum Gasteiger partial charge on any atom is -0.373 e. The first-order valence-electron chi connectivity index (χ1n) is 4.30. The van der Waals surface area contributed by atoms with Crippen LogP contribution in [0.1, 0.15) is 46.5 Å². The molecule has 1 heteroatoms. The van der Waals surface area contributed by atoms with E-state index in [4.69, 9.17) is 4.74 Å². The molecule has 0 atom stereocenters. The Labute approximate surface area is 63.8 Å². The van der Waals surface area contributed by atoms with E-state index in [2.05, 4.69) is 20.8 Å². The monoisotopic (exact) mass is 142 g/mol. The lowest BCUT2D eigenvalue weighted by Crippen LogP contribution is -2.27. The van der Waals surface area contributed by atoms with Crippen molar-refractivity contribution < 1.29 is 4.74 Å². The van der Waals surface area contributed by atoms with E-state index >= 15 is 0 Å². The van der Waals surface area contributed by atoms with E-state index in [1.165, 1.54) is 25.7 Å². The van der Waals surface area contributed by atoms with Crippen LogP contribution in [-0.2, 0) is 4.74 Å². The molecular weight excluding hydrogens is 124 g/mol. The van der Waals surface area contributed by atoms with E-state index in [9.17, 15) is 0 Å². The maximum atomic E-state index is 5.80. The Kier molecular flexibility index (Phi) is 2.35. The van der Waals surface area contributed by atoms with Gasteiger partial charge in [0.15, 0.2) is 0 Å². The van der Waals surface area contributed by atoms with Crippen LogP contribution in [0.3, 0.4) is 0 Å². The average molecular weight is 142 g/mol. The lowest BCUT2D eigenvalue weighted by Gasteiger charge is -2.26. The lowest BCUT2D eigenvalue weighted by molar-refractivity contribution is -0.0628. The lowest BCUT2D eigenvalue weighted by atomic mass is 10.1. The van der Waals surface area contributed by atoms with Crippen molar-refractivity contribution in [2.45, 2.75) is 58.2 Å². The molecule has 0 saturated heterocycles. The molecule has 0 heterocycles. The summed E-state index contributed by atoms with van der Waals surface area (Å²) >= 11 is 0. The Morgan fingerprint density at radius 1 is 1.20 bits per heavy atom. The Balaban J connectivity index is 2.36. The van der Waals surface area contributed by atoms with E-state index in [0.29, 0.717) is 6.10 Å². The molecular formula is C9H18O. The van der Waals surface area contributed by atoms with Crippen LogP contribution in [0.25, 0.3) is 0 Å². The molecule has 1 saturated carbocycles. The van der Waals surface area contributed by atoms with Crippen LogP contribution in [0.2, 0.25) is 0 Å². The van der Waals surface area contributed by atoms with E-state index < -0.39 is 0 Å². The summed E-state index contributed by atoms with van der Waals surface area (Å²) < 4.78 is 5.80. The highest BCUT2D eigenvalue weighted by Gasteiger charge is 2.29. The van der Waals surface area contributed by atoms with Crippen LogP contribution in [0.4, 0.5) is 0 Å². The smallest absolute Gasteiger partial charge is 0.0658 e. The van der Waals surface area contributed by atoms with Gasteiger partial charge in [0.25, 0.3) is 0 Å². The van der Waals surface area contributed by atoms with Crippen molar-refractivity contribution in [2.75, 3.05) is 0 Å². The molecule has 0 bridgehead atoms. The molecule has 1 rings (SSSR count). The maximum absolute atomic E-state index is 5.80. The molecule has 0 aromatic rings. The summed E-state index contributed by atoms with van der Waals surface area (Å²) in [7, 11) is 0. The average Bonchev–Trinajstić information content (AvgIpc) is 2.12. The van der Waals surface area contributed by atoms with Crippen molar-refractivity contribution in [1.29, 1.82) is 0 Å². The summed E-state index contributed by atoms with van der Waals surface area (Å²) in [6.07, 6.45) is 5.60. The molecule has 1 fully saturated rings. The molecule has 1 nitrogen and oxygen atoms in total. The third kappa shape index (κ3) is 1.98. The molecule has 10 heavy (non-hydrogen) atoms. The summed E-state index contributed by atoms with van der Waals surface area (Å²) in [5, 5.41) is 0. The number of rotatable bonds is 2. The Morgan fingerprint density at radius 2 is 1.70 bits per heavy atom. The predicted molar refractivity (Wildman–Crippen MR) is 43.1 cm³/mol. The number of hydrogen-bond acceptors (Lipinski definition) is 1. The van der Waals surface area contributed by atoms with Gasteiger partial charge in [-0.1, -0.05) is 12.8 Å². The van der Waals surface area contributed by atoms with Crippen LogP contribution in [-0.4, -0.2) is 11.7 Å². The second-order valence-corrected chi connectivity index (χ2v) is 3.82. The maximum Gasteiger partial charge on any atom is 0.0658 e. The van der Waals surface area contributed by atoms with Crippen molar-refractivity contribution in [1.82, 2.24) is 0 Å². The van der Waals surface area contributed by atoms with Gasteiger partial charge in [-0.2, -0.15) is 0 Å². The van der Waals surface area contributed by atoms with Crippen molar-refractivity contribution in [2.24, 2.45) is 0 Å². The zero-order valence-corrected chi connectivity index (χ0v) is 7.31. The highest BCUT2D eigenvalue weighted by Crippen LogP contribution is 2.33. The third-order valence-electron chi connectivity index (χ3n) is 2.18. The SMILES string of the molecule is CC(C)OC1(C)CCCC1. The van der Waals surface area contributed by atoms with Gasteiger partial charge in [0.05, 0.1) is 11.7 Å². The van der Waals surface area contributed by atoms with Gasteiger partial charge in [-0.15, -0.1) is 0 Å². The van der Waals surface area contributed by atoms with Crippen LogP contribution >= 0.6 is 0 Å². The minimum atomic E-state index is 0.216. The van der Waals surface area contributed by atoms with Gasteiger partial charge in [-0.05, 0) is 33.6 Å². The molecule has 0 spiro atoms. The van der Waals surface area contributed by atoms with Gasteiger partial charge in [0, 0.05) is 0 Å². The van der Waals surface area contributed by atoms with Gasteiger partial charge >= 0.3 is 0 Å². The van der Waals surface area contributed by atoms with E-state index in [1.54, 1.807) is 0 Å². The largest absolute Gasteiger partial charge is 0.373 e. The fourth-order valence-electron chi connectivity index (χ4n) is 1.81.